The van der Waals surface area contributed by atoms with E-state index in [1.165, 1.54) is 14.2 Å². The van der Waals surface area contributed by atoms with Crippen LogP contribution < -0.4 is 9.47 Å². The molecule has 0 heterocycles. The molecule has 0 spiro atoms. The van der Waals surface area contributed by atoms with E-state index in [9.17, 15) is 8.42 Å². The zero-order valence-corrected chi connectivity index (χ0v) is 10.6. The number of hydrogen-bond donors (Lipinski definition) is 0. The zero-order chi connectivity index (χ0) is 12.2. The van der Waals surface area contributed by atoms with Gasteiger partial charge in [0.15, 0.2) is 0 Å². The SMILES string of the molecule is COc1cccc(OC)c1CCS(=O)(=O)Cl. The number of ether oxygens (including phenoxy) is 2. The van der Waals surface area contributed by atoms with Gasteiger partial charge in [0.1, 0.15) is 11.5 Å². The second-order valence-electron chi connectivity index (χ2n) is 3.13. The quantitative estimate of drug-likeness (QED) is 0.761. The standard InChI is InChI=1S/C10H13ClO4S/c1-14-9-4-3-5-10(15-2)8(9)6-7-16(11,12)13/h3-5H,6-7H2,1-2H3. The second kappa shape index (κ2) is 5.41. The fraction of sp³-hybridized carbons (Fsp3) is 0.400. The van der Waals surface area contributed by atoms with Crippen molar-refractivity contribution < 1.29 is 17.9 Å². The van der Waals surface area contributed by atoms with Crippen LogP contribution >= 0.6 is 10.7 Å². The van der Waals surface area contributed by atoms with E-state index in [-0.39, 0.29) is 12.2 Å². The van der Waals surface area contributed by atoms with Crippen LogP contribution in [0.4, 0.5) is 0 Å². The monoisotopic (exact) mass is 264 g/mol. The molecule has 0 aliphatic carbocycles. The van der Waals surface area contributed by atoms with Gasteiger partial charge in [-0.15, -0.1) is 0 Å². The number of rotatable bonds is 5. The van der Waals surface area contributed by atoms with Crippen molar-refractivity contribution in [1.82, 2.24) is 0 Å². The summed E-state index contributed by atoms with van der Waals surface area (Å²) in [5.41, 5.74) is 0.705. The minimum Gasteiger partial charge on any atom is -0.496 e. The summed E-state index contributed by atoms with van der Waals surface area (Å²) in [7, 11) is 4.70. The third-order valence-electron chi connectivity index (χ3n) is 2.13. The van der Waals surface area contributed by atoms with E-state index < -0.39 is 9.05 Å². The minimum atomic E-state index is -3.51. The summed E-state index contributed by atoms with van der Waals surface area (Å²) >= 11 is 0. The van der Waals surface area contributed by atoms with Gasteiger partial charge in [0, 0.05) is 16.2 Å². The normalized spacial score (nSPS) is 11.2. The topological polar surface area (TPSA) is 52.6 Å². The third-order valence-corrected chi connectivity index (χ3v) is 3.28. The highest BCUT2D eigenvalue weighted by molar-refractivity contribution is 8.13. The second-order valence-corrected chi connectivity index (χ2v) is 6.03. The molecular formula is C10H13ClO4S. The van der Waals surface area contributed by atoms with Crippen LogP contribution in [0.5, 0.6) is 11.5 Å². The van der Waals surface area contributed by atoms with Crippen molar-refractivity contribution in [3.05, 3.63) is 23.8 Å². The summed E-state index contributed by atoms with van der Waals surface area (Å²) in [6.45, 7) is 0. The van der Waals surface area contributed by atoms with Crippen LogP contribution in [-0.2, 0) is 15.5 Å². The molecular weight excluding hydrogens is 252 g/mol. The molecule has 1 aromatic rings. The van der Waals surface area contributed by atoms with Crippen molar-refractivity contribution in [2.24, 2.45) is 0 Å². The molecule has 90 valence electrons. The van der Waals surface area contributed by atoms with Crippen molar-refractivity contribution >= 4 is 19.7 Å². The first-order valence-corrected chi connectivity index (χ1v) is 7.08. The Morgan fingerprint density at radius 1 is 1.19 bits per heavy atom. The summed E-state index contributed by atoms with van der Waals surface area (Å²) in [4.78, 5) is 0. The molecule has 0 unspecified atom stereocenters. The van der Waals surface area contributed by atoms with Gasteiger partial charge in [0.2, 0.25) is 9.05 Å². The highest BCUT2D eigenvalue weighted by Crippen LogP contribution is 2.29. The lowest BCUT2D eigenvalue weighted by molar-refractivity contribution is 0.386. The van der Waals surface area contributed by atoms with Gasteiger partial charge in [0.25, 0.3) is 0 Å². The van der Waals surface area contributed by atoms with Crippen molar-refractivity contribution in [3.8, 4) is 11.5 Å². The Kier molecular flexibility index (Phi) is 4.44. The molecule has 4 nitrogen and oxygen atoms in total. The van der Waals surface area contributed by atoms with E-state index in [0.29, 0.717) is 17.1 Å². The predicted octanol–water partition coefficient (Wildman–Crippen LogP) is 1.81. The molecule has 16 heavy (non-hydrogen) atoms. The molecule has 6 heteroatoms. The molecule has 0 aromatic heterocycles. The van der Waals surface area contributed by atoms with Gasteiger partial charge in [-0.1, -0.05) is 6.07 Å². The zero-order valence-electron chi connectivity index (χ0n) is 9.07. The molecule has 1 aromatic carbocycles. The summed E-state index contributed by atoms with van der Waals surface area (Å²) in [5, 5.41) is 0. The summed E-state index contributed by atoms with van der Waals surface area (Å²) < 4.78 is 32.0. The molecule has 1 rings (SSSR count). The molecule has 0 aliphatic rings. The first-order chi connectivity index (χ1) is 7.48. The molecule has 0 aliphatic heterocycles. The maximum Gasteiger partial charge on any atom is 0.232 e. The maximum absolute atomic E-state index is 10.9. The number of hydrogen-bond acceptors (Lipinski definition) is 4. The summed E-state index contributed by atoms with van der Waals surface area (Å²) in [6.07, 6.45) is 0.263. The van der Waals surface area contributed by atoms with Gasteiger partial charge in [0.05, 0.1) is 20.0 Å². The van der Waals surface area contributed by atoms with Crippen molar-refractivity contribution in [3.63, 3.8) is 0 Å². The Morgan fingerprint density at radius 3 is 2.06 bits per heavy atom. The highest BCUT2D eigenvalue weighted by atomic mass is 35.7. The minimum absolute atomic E-state index is 0.148. The Hall–Kier alpha value is -0.940. The lowest BCUT2D eigenvalue weighted by Gasteiger charge is -2.11. The molecule has 0 saturated heterocycles. The number of methoxy groups -OCH3 is 2. The Bertz CT molecular complexity index is 434. The van der Waals surface area contributed by atoms with Gasteiger partial charge in [-0.3, -0.25) is 0 Å². The number of benzene rings is 1. The summed E-state index contributed by atoms with van der Waals surface area (Å²) in [5.74, 6) is 1.05. The number of halogens is 1. The smallest absolute Gasteiger partial charge is 0.232 e. The third kappa shape index (κ3) is 3.57. The van der Waals surface area contributed by atoms with Crippen LogP contribution in [0.2, 0.25) is 0 Å². The maximum atomic E-state index is 10.9. The van der Waals surface area contributed by atoms with Crippen LogP contribution in [0.1, 0.15) is 5.56 Å². The van der Waals surface area contributed by atoms with Gasteiger partial charge < -0.3 is 9.47 Å². The van der Waals surface area contributed by atoms with Crippen molar-refractivity contribution in [1.29, 1.82) is 0 Å². The van der Waals surface area contributed by atoms with E-state index in [1.54, 1.807) is 18.2 Å². The van der Waals surface area contributed by atoms with Crippen LogP contribution in [0.15, 0.2) is 18.2 Å². The Balaban J connectivity index is 3.00. The lowest BCUT2D eigenvalue weighted by Crippen LogP contribution is -2.04. The average Bonchev–Trinajstić information content (AvgIpc) is 2.24. The van der Waals surface area contributed by atoms with Gasteiger partial charge >= 0.3 is 0 Å². The van der Waals surface area contributed by atoms with E-state index >= 15 is 0 Å². The molecule has 0 saturated carbocycles. The lowest BCUT2D eigenvalue weighted by atomic mass is 10.1. The van der Waals surface area contributed by atoms with Crippen LogP contribution in [-0.4, -0.2) is 28.4 Å². The van der Waals surface area contributed by atoms with E-state index in [2.05, 4.69) is 0 Å². The van der Waals surface area contributed by atoms with Crippen LogP contribution in [0.25, 0.3) is 0 Å². The van der Waals surface area contributed by atoms with Crippen LogP contribution in [0.3, 0.4) is 0 Å². The molecule has 0 atom stereocenters. The molecule has 0 bridgehead atoms. The predicted molar refractivity (Wildman–Crippen MR) is 62.9 cm³/mol. The fourth-order valence-electron chi connectivity index (χ4n) is 1.40. The van der Waals surface area contributed by atoms with E-state index in [1.807, 2.05) is 0 Å². The van der Waals surface area contributed by atoms with Gasteiger partial charge in [-0.25, -0.2) is 8.42 Å². The fourth-order valence-corrected chi connectivity index (χ4v) is 2.08. The van der Waals surface area contributed by atoms with Gasteiger partial charge in [-0.2, -0.15) is 0 Å². The summed E-state index contributed by atoms with van der Waals surface area (Å²) in [6, 6.07) is 5.27. The first kappa shape index (κ1) is 13.1. The Morgan fingerprint density at radius 2 is 1.69 bits per heavy atom. The van der Waals surface area contributed by atoms with Crippen molar-refractivity contribution in [2.45, 2.75) is 6.42 Å². The molecule has 0 radical (unpaired) electrons. The molecule has 0 N–H and O–H groups in total. The van der Waals surface area contributed by atoms with E-state index in [4.69, 9.17) is 20.2 Å². The first-order valence-electron chi connectivity index (χ1n) is 4.60. The van der Waals surface area contributed by atoms with E-state index in [0.717, 1.165) is 0 Å². The highest BCUT2D eigenvalue weighted by Gasteiger charge is 2.13. The van der Waals surface area contributed by atoms with Crippen LogP contribution in [0, 0.1) is 0 Å². The largest absolute Gasteiger partial charge is 0.496 e. The Labute approximate surface area is 99.6 Å². The van der Waals surface area contributed by atoms with Gasteiger partial charge in [-0.05, 0) is 18.6 Å². The molecule has 0 fully saturated rings. The van der Waals surface area contributed by atoms with Crippen molar-refractivity contribution in [2.75, 3.05) is 20.0 Å². The average molecular weight is 265 g/mol. The molecule has 0 amide bonds.